The van der Waals surface area contributed by atoms with Crippen LogP contribution in [0.5, 0.6) is 0 Å². The number of aryl methyl sites for hydroxylation is 2. The van der Waals surface area contributed by atoms with Gasteiger partial charge in [-0.3, -0.25) is 20.4 Å². The first kappa shape index (κ1) is 37.3. The number of aromatic nitrogens is 2. The van der Waals surface area contributed by atoms with Crippen LogP contribution in [-0.2, 0) is 6.54 Å². The van der Waals surface area contributed by atoms with Crippen molar-refractivity contribution in [3.63, 3.8) is 0 Å². The number of hydrogen-bond donors (Lipinski definition) is 1. The monoisotopic (exact) mass is 690 g/mol. The number of rotatable bonds is 8. The second-order valence-electron chi connectivity index (χ2n) is 12.2. The van der Waals surface area contributed by atoms with Crippen LogP contribution in [0.3, 0.4) is 0 Å². The summed E-state index contributed by atoms with van der Waals surface area (Å²) in [5.74, 6) is 0.223. The summed E-state index contributed by atoms with van der Waals surface area (Å²) in [6, 6.07) is 45.2. The third-order valence-electron chi connectivity index (χ3n) is 8.47. The average molecular weight is 691 g/mol. The molecule has 0 aliphatic carbocycles. The van der Waals surface area contributed by atoms with E-state index in [1.165, 1.54) is 22.3 Å². The molecule has 0 atom stereocenters. The first-order valence-electron chi connectivity index (χ1n) is 17.1. The van der Waals surface area contributed by atoms with E-state index in [9.17, 15) is 0 Å². The summed E-state index contributed by atoms with van der Waals surface area (Å²) in [5, 5.41) is 9.13. The third-order valence-corrected chi connectivity index (χ3v) is 8.47. The van der Waals surface area contributed by atoms with Crippen LogP contribution in [0.1, 0.15) is 27.9 Å². The molecule has 0 saturated heterocycles. The van der Waals surface area contributed by atoms with Crippen LogP contribution < -0.4 is 0 Å². The van der Waals surface area contributed by atoms with E-state index in [0.717, 1.165) is 44.3 Å². The van der Waals surface area contributed by atoms with Crippen LogP contribution >= 0.6 is 0 Å². The Morgan fingerprint density at radius 1 is 0.660 bits per heavy atom. The van der Waals surface area contributed by atoms with Crippen molar-refractivity contribution in [2.75, 3.05) is 0 Å². The molecule has 0 spiro atoms. The molecule has 7 aromatic rings. The second-order valence-corrected chi connectivity index (χ2v) is 12.2. The summed E-state index contributed by atoms with van der Waals surface area (Å²) in [6.07, 6.45) is 5.28. The van der Waals surface area contributed by atoms with Gasteiger partial charge in [0.25, 0.3) is 0 Å². The lowest BCUT2D eigenvalue weighted by molar-refractivity contribution is 1.08. The van der Waals surface area contributed by atoms with Gasteiger partial charge in [0.2, 0.25) is 0 Å². The molecule has 53 heavy (non-hydrogen) atoms. The highest BCUT2D eigenvalue weighted by Gasteiger charge is 2.14. The normalized spacial score (nSPS) is 10.2. The Bertz CT molecular complexity index is 2350. The highest BCUT2D eigenvalue weighted by atomic mass is 14.8. The molecule has 2 aromatic heterocycles. The van der Waals surface area contributed by atoms with Crippen LogP contribution in [-0.4, -0.2) is 36.0 Å². The predicted octanol–water partition coefficient (Wildman–Crippen LogP) is 11.8. The van der Waals surface area contributed by atoms with Gasteiger partial charge < -0.3 is 0 Å². The van der Waals surface area contributed by atoms with Crippen molar-refractivity contribution in [2.24, 2.45) is 15.0 Å². The summed E-state index contributed by atoms with van der Waals surface area (Å²) < 4.78 is 0. The predicted molar refractivity (Wildman–Crippen MR) is 227 cm³/mol. The molecule has 2 heterocycles. The fraction of sp³-hybridized carbons (Fsp3) is 0.0638. The Hall–Kier alpha value is -6.92. The molecular weight excluding hydrogens is 649 g/mol. The fourth-order valence-corrected chi connectivity index (χ4v) is 5.72. The van der Waals surface area contributed by atoms with Crippen molar-refractivity contribution < 1.29 is 0 Å². The molecule has 6 heteroatoms. The van der Waals surface area contributed by atoms with Crippen molar-refractivity contribution in [2.45, 2.75) is 20.4 Å². The first-order valence-corrected chi connectivity index (χ1v) is 17.1. The van der Waals surface area contributed by atoms with Crippen molar-refractivity contribution in [3.8, 4) is 33.5 Å². The molecule has 0 saturated carbocycles. The van der Waals surface area contributed by atoms with E-state index in [1.807, 2.05) is 54.6 Å². The highest BCUT2D eigenvalue weighted by Crippen LogP contribution is 2.36. The zero-order valence-electron chi connectivity index (χ0n) is 30.2. The Balaban J connectivity index is 0.000000260. The average Bonchev–Trinajstić information content (AvgIpc) is 3.21. The third kappa shape index (κ3) is 9.66. The van der Waals surface area contributed by atoms with E-state index >= 15 is 0 Å². The zero-order valence-corrected chi connectivity index (χ0v) is 30.2. The first-order chi connectivity index (χ1) is 25.8. The van der Waals surface area contributed by atoms with Gasteiger partial charge >= 0.3 is 0 Å². The largest absolute Gasteiger partial charge is 0.296 e. The number of fused-ring (bicyclic) bond motifs is 1. The quantitative estimate of drug-likeness (QED) is 0.127. The number of amidine groups is 1. The molecule has 0 aliphatic heterocycles. The van der Waals surface area contributed by atoms with Crippen molar-refractivity contribution in [1.29, 1.82) is 5.41 Å². The minimum absolute atomic E-state index is 0.223. The maximum atomic E-state index is 7.25. The molecule has 1 N–H and O–H groups in total. The minimum atomic E-state index is 0.223. The summed E-state index contributed by atoms with van der Waals surface area (Å²) in [4.78, 5) is 20.9. The molecule has 7 rings (SSSR count). The Labute approximate surface area is 312 Å². The number of pyridine rings is 2. The van der Waals surface area contributed by atoms with E-state index in [4.69, 9.17) is 10.4 Å². The molecular formula is C47H42N6. The summed E-state index contributed by atoms with van der Waals surface area (Å²) in [6.45, 7) is 19.3. The van der Waals surface area contributed by atoms with E-state index in [-0.39, 0.29) is 5.84 Å². The molecule has 0 fully saturated rings. The molecule has 0 bridgehead atoms. The zero-order chi connectivity index (χ0) is 37.6. The Morgan fingerprint density at radius 3 is 1.75 bits per heavy atom. The molecule has 260 valence electrons. The molecule has 5 aromatic carbocycles. The smallest absolute Gasteiger partial charge is 0.151 e. The SMILES string of the molecule is C=Cc1nc(-c2ccc(-c3cc(CN=C)cc(-c4ccc(C)cc4)c3)cc2)c2ccncc2c1N=C.C=NC(=N)c1ccccc1.Cc1ccccc1. The highest BCUT2D eigenvalue weighted by molar-refractivity contribution is 6.03. The lowest BCUT2D eigenvalue weighted by atomic mass is 9.94. The number of nitrogens with one attached hydrogen (secondary N) is 1. The lowest BCUT2D eigenvalue weighted by Crippen LogP contribution is -1.93. The van der Waals surface area contributed by atoms with Gasteiger partial charge in [-0.05, 0) is 92.2 Å². The summed E-state index contributed by atoms with van der Waals surface area (Å²) in [5.41, 5.74) is 12.4. The fourth-order valence-electron chi connectivity index (χ4n) is 5.72. The lowest BCUT2D eigenvalue weighted by Gasteiger charge is -2.13. The maximum absolute atomic E-state index is 7.25. The Kier molecular flexibility index (Phi) is 12.9. The molecule has 0 radical (unpaired) electrons. The van der Waals surface area contributed by atoms with Crippen molar-refractivity contribution in [1.82, 2.24) is 9.97 Å². The van der Waals surface area contributed by atoms with Gasteiger partial charge in [-0.15, -0.1) is 0 Å². The minimum Gasteiger partial charge on any atom is -0.296 e. The van der Waals surface area contributed by atoms with Crippen LogP contribution in [0.4, 0.5) is 5.69 Å². The van der Waals surface area contributed by atoms with Crippen molar-refractivity contribution >= 4 is 48.5 Å². The van der Waals surface area contributed by atoms with Gasteiger partial charge in [0.05, 0.1) is 23.6 Å². The molecule has 0 amide bonds. The molecule has 0 aliphatic rings. The number of nitrogens with zero attached hydrogens (tertiary/aromatic N) is 5. The molecule has 6 nitrogen and oxygen atoms in total. The number of benzene rings is 5. The van der Waals surface area contributed by atoms with Crippen LogP contribution in [0.2, 0.25) is 0 Å². The Morgan fingerprint density at radius 2 is 1.23 bits per heavy atom. The second kappa shape index (κ2) is 18.4. The van der Waals surface area contributed by atoms with Gasteiger partial charge in [-0.2, -0.15) is 0 Å². The van der Waals surface area contributed by atoms with E-state index in [0.29, 0.717) is 17.9 Å². The van der Waals surface area contributed by atoms with Gasteiger partial charge in [0.1, 0.15) is 0 Å². The van der Waals surface area contributed by atoms with E-state index < -0.39 is 0 Å². The van der Waals surface area contributed by atoms with E-state index in [1.54, 1.807) is 18.5 Å². The van der Waals surface area contributed by atoms with Gasteiger partial charge in [0.15, 0.2) is 5.84 Å². The summed E-state index contributed by atoms with van der Waals surface area (Å²) >= 11 is 0. The number of aliphatic imine (C=N–C) groups is 3. The molecule has 0 unspecified atom stereocenters. The maximum Gasteiger partial charge on any atom is 0.151 e. The van der Waals surface area contributed by atoms with Crippen LogP contribution in [0.25, 0.3) is 50.4 Å². The van der Waals surface area contributed by atoms with Gasteiger partial charge in [-0.1, -0.05) is 127 Å². The van der Waals surface area contributed by atoms with Crippen LogP contribution in [0, 0.1) is 19.3 Å². The number of hydrogen-bond acceptors (Lipinski definition) is 5. The topological polar surface area (TPSA) is 86.7 Å². The van der Waals surface area contributed by atoms with Crippen molar-refractivity contribution in [3.05, 3.63) is 180 Å². The van der Waals surface area contributed by atoms with E-state index in [2.05, 4.69) is 139 Å². The van der Waals surface area contributed by atoms with Gasteiger partial charge in [0, 0.05) is 34.3 Å². The van der Waals surface area contributed by atoms with Gasteiger partial charge in [-0.25, -0.2) is 9.98 Å². The summed E-state index contributed by atoms with van der Waals surface area (Å²) in [7, 11) is 0. The van der Waals surface area contributed by atoms with Crippen LogP contribution in [0.15, 0.2) is 167 Å². The standard InChI is InChI=1S/C32H26N4.C8H8N2.C7H8/c1-5-30-32(34-4)29-20-35-15-14-28(29)31(36-30)25-12-10-24(11-13-25)27-17-22(19-33-3)16-26(18-27)23-8-6-21(2)7-9-23;1-10-8(9)7-5-3-2-4-6-7;1-7-5-3-2-4-6-7/h5-18,20H,1,3-4,19H2,2H3;2-6,9H,1H2;2-6H,1H3.